The number of ether oxygens (including phenoxy) is 1. The van der Waals surface area contributed by atoms with E-state index >= 15 is 0 Å². The number of carbonyl (C=O) groups excluding carboxylic acids is 2. The second kappa shape index (κ2) is 10.9. The van der Waals surface area contributed by atoms with Crippen LogP contribution in [-0.4, -0.2) is 42.3 Å². The summed E-state index contributed by atoms with van der Waals surface area (Å²) in [6, 6.07) is 15.9. The van der Waals surface area contributed by atoms with Crippen LogP contribution in [0.4, 0.5) is 4.79 Å². The first-order valence-corrected chi connectivity index (χ1v) is 12.5. The van der Waals surface area contributed by atoms with Gasteiger partial charge in [-0.05, 0) is 41.5 Å². The summed E-state index contributed by atoms with van der Waals surface area (Å²) >= 11 is 0. The number of carbonyl (C=O) groups is 3. The van der Waals surface area contributed by atoms with Crippen molar-refractivity contribution >= 4 is 18.0 Å². The summed E-state index contributed by atoms with van der Waals surface area (Å²) in [5.74, 6) is -1.14. The molecule has 0 aliphatic heterocycles. The van der Waals surface area contributed by atoms with Crippen LogP contribution in [0.3, 0.4) is 0 Å². The maximum atomic E-state index is 13.2. The highest BCUT2D eigenvalue weighted by atomic mass is 16.5. The summed E-state index contributed by atoms with van der Waals surface area (Å²) in [5, 5.41) is 14.9. The quantitative estimate of drug-likeness (QED) is 0.478. The van der Waals surface area contributed by atoms with E-state index < -0.39 is 23.5 Å². The highest BCUT2D eigenvalue weighted by Crippen LogP contribution is 2.44. The number of amides is 2. The molecular weight excluding hydrogens is 444 g/mol. The van der Waals surface area contributed by atoms with Crippen LogP contribution in [0.25, 0.3) is 11.1 Å². The monoisotopic (exact) mass is 478 g/mol. The Bertz CT molecular complexity index is 1030. The number of hydrogen-bond acceptors (Lipinski definition) is 4. The molecule has 1 saturated carbocycles. The number of fused-ring (bicyclic) bond motifs is 3. The molecule has 4 rings (SSSR count). The first kappa shape index (κ1) is 24.8. The fraction of sp³-hybridized carbons (Fsp3) is 0.464. The van der Waals surface area contributed by atoms with Crippen LogP contribution >= 0.6 is 0 Å². The lowest BCUT2D eigenvalue weighted by molar-refractivity contribution is -0.138. The molecule has 0 unspecified atom stereocenters. The maximum absolute atomic E-state index is 13.2. The molecule has 2 aromatic rings. The van der Waals surface area contributed by atoms with Crippen molar-refractivity contribution in [2.24, 2.45) is 5.41 Å². The van der Waals surface area contributed by atoms with Gasteiger partial charge in [-0.2, -0.15) is 0 Å². The van der Waals surface area contributed by atoms with E-state index in [2.05, 4.69) is 34.9 Å². The van der Waals surface area contributed by atoms with Gasteiger partial charge in [0.1, 0.15) is 6.61 Å². The van der Waals surface area contributed by atoms with E-state index in [1.807, 2.05) is 31.2 Å². The maximum Gasteiger partial charge on any atom is 0.407 e. The summed E-state index contributed by atoms with van der Waals surface area (Å²) in [5.41, 5.74) is 3.89. The molecule has 0 saturated heterocycles. The second-order valence-corrected chi connectivity index (χ2v) is 9.70. The average molecular weight is 479 g/mol. The number of carboxylic acid groups (broad SMARTS) is 1. The molecule has 2 amide bonds. The van der Waals surface area contributed by atoms with E-state index in [9.17, 15) is 14.4 Å². The standard InChI is InChI=1S/C28H34N2O5/c1-2-19(16-25(31)32)30-26(33)28(14-8-3-9-15-28)18-29-27(34)35-17-24-22-12-6-4-10-20(22)21-11-5-7-13-23(21)24/h4-7,10-13,19,24H,2-3,8-9,14-18H2,1H3,(H,29,34)(H,30,33)(H,31,32)/t19-/m1/s1. The molecule has 0 spiro atoms. The van der Waals surface area contributed by atoms with Gasteiger partial charge in [-0.3, -0.25) is 9.59 Å². The number of rotatable bonds is 9. The van der Waals surface area contributed by atoms with Gasteiger partial charge in [0.05, 0.1) is 11.8 Å². The Hall–Kier alpha value is -3.35. The zero-order valence-corrected chi connectivity index (χ0v) is 20.2. The number of alkyl carbamates (subject to hydrolysis) is 1. The largest absolute Gasteiger partial charge is 0.481 e. The number of nitrogens with one attached hydrogen (secondary N) is 2. The lowest BCUT2D eigenvalue weighted by atomic mass is 9.73. The summed E-state index contributed by atoms with van der Waals surface area (Å²) in [6.45, 7) is 2.25. The van der Waals surface area contributed by atoms with Crippen LogP contribution in [0.2, 0.25) is 0 Å². The summed E-state index contributed by atoms with van der Waals surface area (Å²) < 4.78 is 5.65. The Balaban J connectivity index is 1.38. The van der Waals surface area contributed by atoms with Crippen LogP contribution in [0.5, 0.6) is 0 Å². The number of benzene rings is 2. The third-order valence-corrected chi connectivity index (χ3v) is 7.46. The number of hydrogen-bond donors (Lipinski definition) is 3. The molecule has 7 nitrogen and oxygen atoms in total. The van der Waals surface area contributed by atoms with Crippen LogP contribution in [0.15, 0.2) is 48.5 Å². The normalized spacial score (nSPS) is 17.1. The van der Waals surface area contributed by atoms with Crippen molar-refractivity contribution in [1.29, 1.82) is 0 Å². The third-order valence-electron chi connectivity index (χ3n) is 7.46. The second-order valence-electron chi connectivity index (χ2n) is 9.70. The van der Waals surface area contributed by atoms with Crippen molar-refractivity contribution in [3.05, 3.63) is 59.7 Å². The molecule has 2 aromatic carbocycles. The van der Waals surface area contributed by atoms with Gasteiger partial charge < -0.3 is 20.5 Å². The summed E-state index contributed by atoms with van der Waals surface area (Å²) in [7, 11) is 0. The van der Waals surface area contributed by atoms with Crippen molar-refractivity contribution in [2.75, 3.05) is 13.2 Å². The molecule has 0 bridgehead atoms. The third kappa shape index (κ3) is 5.50. The molecule has 2 aliphatic rings. The van der Waals surface area contributed by atoms with Crippen molar-refractivity contribution in [3.8, 4) is 11.1 Å². The molecule has 0 heterocycles. The SMILES string of the molecule is CC[C@H](CC(=O)O)NC(=O)C1(CNC(=O)OCC2c3ccccc3-c3ccccc32)CCCCC1. The van der Waals surface area contributed by atoms with Gasteiger partial charge in [-0.1, -0.05) is 74.7 Å². The van der Waals surface area contributed by atoms with Crippen LogP contribution in [0.1, 0.15) is 68.9 Å². The minimum absolute atomic E-state index is 0.0265. The molecule has 3 N–H and O–H groups in total. The molecule has 0 radical (unpaired) electrons. The van der Waals surface area contributed by atoms with Gasteiger partial charge >= 0.3 is 12.1 Å². The van der Waals surface area contributed by atoms with E-state index in [1.54, 1.807) is 0 Å². The fourth-order valence-electron chi connectivity index (χ4n) is 5.45. The topological polar surface area (TPSA) is 105 Å². The Morgan fingerprint density at radius 1 is 1.00 bits per heavy atom. The fourth-order valence-corrected chi connectivity index (χ4v) is 5.45. The zero-order valence-electron chi connectivity index (χ0n) is 20.2. The van der Waals surface area contributed by atoms with Crippen LogP contribution < -0.4 is 10.6 Å². The minimum atomic E-state index is -0.938. The minimum Gasteiger partial charge on any atom is -0.481 e. The molecule has 1 fully saturated rings. The van der Waals surface area contributed by atoms with Crippen molar-refractivity contribution < 1.29 is 24.2 Å². The molecule has 2 aliphatic carbocycles. The van der Waals surface area contributed by atoms with Gasteiger partial charge in [0.15, 0.2) is 0 Å². The predicted octanol–water partition coefficient (Wildman–Crippen LogP) is 4.85. The predicted molar refractivity (Wildman–Crippen MR) is 133 cm³/mol. The van der Waals surface area contributed by atoms with Gasteiger partial charge in [-0.25, -0.2) is 4.79 Å². The zero-order chi connectivity index (χ0) is 24.8. The van der Waals surface area contributed by atoms with Gasteiger partial charge in [0.2, 0.25) is 5.91 Å². The Morgan fingerprint density at radius 2 is 1.60 bits per heavy atom. The summed E-state index contributed by atoms with van der Waals surface area (Å²) in [4.78, 5) is 37.1. The molecule has 1 atom stereocenters. The smallest absolute Gasteiger partial charge is 0.407 e. The molecular formula is C28H34N2O5. The van der Waals surface area contributed by atoms with Gasteiger partial charge in [-0.15, -0.1) is 0 Å². The molecule has 186 valence electrons. The van der Waals surface area contributed by atoms with Crippen LogP contribution in [0, 0.1) is 5.41 Å². The Morgan fingerprint density at radius 3 is 2.17 bits per heavy atom. The lowest BCUT2D eigenvalue weighted by Crippen LogP contribution is -2.52. The lowest BCUT2D eigenvalue weighted by Gasteiger charge is -2.37. The Kier molecular flexibility index (Phi) is 7.73. The summed E-state index contributed by atoms with van der Waals surface area (Å²) in [6.07, 6.45) is 4.05. The first-order valence-electron chi connectivity index (χ1n) is 12.5. The number of carboxylic acids is 1. The first-order chi connectivity index (χ1) is 16.9. The van der Waals surface area contributed by atoms with E-state index in [0.29, 0.717) is 19.3 Å². The van der Waals surface area contributed by atoms with Gasteiger partial charge in [0, 0.05) is 18.5 Å². The van der Waals surface area contributed by atoms with Crippen molar-refractivity contribution in [3.63, 3.8) is 0 Å². The van der Waals surface area contributed by atoms with Crippen LogP contribution in [-0.2, 0) is 14.3 Å². The van der Waals surface area contributed by atoms with Crippen molar-refractivity contribution in [1.82, 2.24) is 10.6 Å². The van der Waals surface area contributed by atoms with Crippen molar-refractivity contribution in [2.45, 2.75) is 63.8 Å². The van der Waals surface area contributed by atoms with E-state index in [-0.39, 0.29) is 31.4 Å². The van der Waals surface area contributed by atoms with E-state index in [4.69, 9.17) is 9.84 Å². The average Bonchev–Trinajstić information content (AvgIpc) is 3.19. The number of aliphatic carboxylic acids is 1. The molecule has 35 heavy (non-hydrogen) atoms. The van der Waals surface area contributed by atoms with Gasteiger partial charge in [0.25, 0.3) is 0 Å². The highest BCUT2D eigenvalue weighted by molar-refractivity contribution is 5.84. The highest BCUT2D eigenvalue weighted by Gasteiger charge is 2.41. The van der Waals surface area contributed by atoms with E-state index in [0.717, 1.165) is 30.4 Å². The van der Waals surface area contributed by atoms with E-state index in [1.165, 1.54) is 11.1 Å². The molecule has 7 heteroatoms. The molecule has 0 aromatic heterocycles. The Labute approximate surface area is 206 Å².